The van der Waals surface area contributed by atoms with Gasteiger partial charge in [-0.05, 0) is 48.9 Å². The topological polar surface area (TPSA) is 50.7 Å². The molecular weight excluding hydrogens is 296 g/mol. The minimum Gasteiger partial charge on any atom is -0.497 e. The molecule has 0 unspecified atom stereocenters. The van der Waals surface area contributed by atoms with E-state index < -0.39 is 0 Å². The predicted octanol–water partition coefficient (Wildman–Crippen LogP) is 3.33. The summed E-state index contributed by atoms with van der Waals surface area (Å²) in [6.07, 6.45) is 0. The number of nitrogens with zero attached hydrogens (tertiary/aromatic N) is 1. The van der Waals surface area contributed by atoms with Crippen molar-refractivity contribution in [2.24, 2.45) is 5.10 Å². The Morgan fingerprint density at radius 2 is 1.82 bits per heavy atom. The molecule has 0 aliphatic rings. The third kappa shape index (κ3) is 4.93. The molecule has 4 nitrogen and oxygen atoms in total. The molecule has 0 bridgehead atoms. The van der Waals surface area contributed by atoms with Gasteiger partial charge in [0.2, 0.25) is 5.91 Å². The number of nitrogens with one attached hydrogen (secondary N) is 1. The number of ether oxygens (including phenoxy) is 1. The zero-order valence-corrected chi connectivity index (χ0v) is 13.4. The number of hydrogen-bond donors (Lipinski definition) is 1. The number of amides is 1. The number of rotatable bonds is 6. The van der Waals surface area contributed by atoms with Gasteiger partial charge in [0.25, 0.3) is 0 Å². The smallest absolute Gasteiger partial charge is 0.250 e. The fourth-order valence-electron chi connectivity index (χ4n) is 1.74. The summed E-state index contributed by atoms with van der Waals surface area (Å²) in [6.45, 7) is 1.85. The first kappa shape index (κ1) is 16.1. The van der Waals surface area contributed by atoms with Gasteiger partial charge in [0.05, 0.1) is 18.6 Å². The lowest BCUT2D eigenvalue weighted by atomic mass is 10.1. The van der Waals surface area contributed by atoms with E-state index in [9.17, 15) is 4.79 Å². The van der Waals surface area contributed by atoms with Gasteiger partial charge < -0.3 is 4.74 Å². The Hall–Kier alpha value is -2.27. The fraction of sp³-hybridized carbons (Fsp3) is 0.176. The maximum absolute atomic E-state index is 11.8. The van der Waals surface area contributed by atoms with E-state index in [-0.39, 0.29) is 5.91 Å². The molecule has 0 fully saturated rings. The van der Waals surface area contributed by atoms with E-state index in [1.165, 1.54) is 11.8 Å². The van der Waals surface area contributed by atoms with Crippen molar-refractivity contribution in [3.8, 4) is 5.75 Å². The first-order valence-electron chi connectivity index (χ1n) is 6.84. The van der Waals surface area contributed by atoms with Gasteiger partial charge >= 0.3 is 0 Å². The van der Waals surface area contributed by atoms with Gasteiger partial charge in [0, 0.05) is 4.90 Å². The summed E-state index contributed by atoms with van der Waals surface area (Å²) < 4.78 is 5.11. The minimum absolute atomic E-state index is 0.123. The van der Waals surface area contributed by atoms with Crippen LogP contribution in [-0.4, -0.2) is 24.5 Å². The molecule has 0 aliphatic heterocycles. The second-order valence-electron chi connectivity index (χ2n) is 4.56. The SMILES string of the molecule is COc1ccc(/C(C)=N\NC(=O)CSc2ccccc2)cc1. The highest BCUT2D eigenvalue weighted by molar-refractivity contribution is 8.00. The third-order valence-electron chi connectivity index (χ3n) is 2.97. The summed E-state index contributed by atoms with van der Waals surface area (Å²) in [6, 6.07) is 17.3. The minimum atomic E-state index is -0.123. The normalized spacial score (nSPS) is 11.1. The van der Waals surface area contributed by atoms with Crippen molar-refractivity contribution >= 4 is 23.4 Å². The average Bonchev–Trinajstić information content (AvgIpc) is 2.58. The summed E-state index contributed by atoms with van der Waals surface area (Å²) in [4.78, 5) is 12.9. The predicted molar refractivity (Wildman–Crippen MR) is 90.5 cm³/mol. The second-order valence-corrected chi connectivity index (χ2v) is 5.61. The van der Waals surface area contributed by atoms with Gasteiger partial charge in [-0.2, -0.15) is 5.10 Å². The van der Waals surface area contributed by atoms with E-state index in [4.69, 9.17) is 4.74 Å². The van der Waals surface area contributed by atoms with Crippen molar-refractivity contribution < 1.29 is 9.53 Å². The largest absolute Gasteiger partial charge is 0.497 e. The number of hydrogen-bond acceptors (Lipinski definition) is 4. The highest BCUT2D eigenvalue weighted by Gasteiger charge is 2.03. The van der Waals surface area contributed by atoms with Crippen LogP contribution < -0.4 is 10.2 Å². The summed E-state index contributed by atoms with van der Waals surface area (Å²) in [5.74, 6) is 1.00. The lowest BCUT2D eigenvalue weighted by Gasteiger charge is -2.04. The van der Waals surface area contributed by atoms with Gasteiger partial charge in [-0.1, -0.05) is 18.2 Å². The van der Waals surface area contributed by atoms with Crippen LogP contribution in [0.3, 0.4) is 0 Å². The molecule has 2 rings (SSSR count). The van der Waals surface area contributed by atoms with Crippen LogP contribution in [0.5, 0.6) is 5.75 Å². The third-order valence-corrected chi connectivity index (χ3v) is 3.98. The Morgan fingerprint density at radius 3 is 2.45 bits per heavy atom. The zero-order chi connectivity index (χ0) is 15.8. The van der Waals surface area contributed by atoms with Crippen molar-refractivity contribution in [3.05, 3.63) is 60.2 Å². The van der Waals surface area contributed by atoms with Gasteiger partial charge in [0.15, 0.2) is 0 Å². The Kier molecular flexibility index (Phi) is 6.03. The van der Waals surface area contributed by atoms with Crippen molar-refractivity contribution in [2.45, 2.75) is 11.8 Å². The quantitative estimate of drug-likeness (QED) is 0.505. The zero-order valence-electron chi connectivity index (χ0n) is 12.6. The van der Waals surface area contributed by atoms with Crippen LogP contribution in [0.25, 0.3) is 0 Å². The lowest BCUT2D eigenvalue weighted by Crippen LogP contribution is -2.21. The van der Waals surface area contributed by atoms with Crippen LogP contribution in [0.4, 0.5) is 0 Å². The van der Waals surface area contributed by atoms with Crippen LogP contribution in [0, 0.1) is 0 Å². The number of methoxy groups -OCH3 is 1. The molecule has 0 aliphatic carbocycles. The first-order chi connectivity index (χ1) is 10.7. The number of carbonyl (C=O) groups excluding carboxylic acids is 1. The Labute approximate surface area is 134 Å². The molecule has 22 heavy (non-hydrogen) atoms. The van der Waals surface area contributed by atoms with E-state index in [0.717, 1.165) is 21.9 Å². The van der Waals surface area contributed by atoms with E-state index in [0.29, 0.717) is 5.75 Å². The fourth-order valence-corrected chi connectivity index (χ4v) is 2.45. The monoisotopic (exact) mass is 314 g/mol. The maximum atomic E-state index is 11.8. The molecule has 0 aromatic heterocycles. The first-order valence-corrected chi connectivity index (χ1v) is 7.83. The molecule has 0 saturated carbocycles. The van der Waals surface area contributed by atoms with Gasteiger partial charge in [-0.25, -0.2) is 5.43 Å². The molecule has 0 spiro atoms. The number of benzene rings is 2. The molecule has 2 aromatic carbocycles. The highest BCUT2D eigenvalue weighted by Crippen LogP contribution is 2.16. The van der Waals surface area contributed by atoms with Crippen molar-refractivity contribution in [2.75, 3.05) is 12.9 Å². The average molecular weight is 314 g/mol. The maximum Gasteiger partial charge on any atom is 0.250 e. The summed E-state index contributed by atoms with van der Waals surface area (Å²) in [7, 11) is 1.63. The van der Waals surface area contributed by atoms with E-state index in [2.05, 4.69) is 10.5 Å². The molecular formula is C17H18N2O2S. The van der Waals surface area contributed by atoms with Crippen LogP contribution in [-0.2, 0) is 4.79 Å². The number of hydrazone groups is 1. The summed E-state index contributed by atoms with van der Waals surface area (Å²) in [5.41, 5.74) is 4.27. The standard InChI is InChI=1S/C17H18N2O2S/c1-13(14-8-10-15(21-2)11-9-14)18-19-17(20)12-22-16-6-4-3-5-7-16/h3-11H,12H2,1-2H3,(H,19,20)/b18-13-. The van der Waals surface area contributed by atoms with Crippen molar-refractivity contribution in [1.29, 1.82) is 0 Å². The van der Waals surface area contributed by atoms with Crippen LogP contribution in [0.1, 0.15) is 12.5 Å². The Balaban J connectivity index is 1.85. The lowest BCUT2D eigenvalue weighted by molar-refractivity contribution is -0.118. The Bertz CT molecular complexity index is 639. The van der Waals surface area contributed by atoms with Crippen LogP contribution >= 0.6 is 11.8 Å². The van der Waals surface area contributed by atoms with E-state index in [1.54, 1.807) is 7.11 Å². The molecule has 1 N–H and O–H groups in total. The molecule has 114 valence electrons. The molecule has 5 heteroatoms. The van der Waals surface area contributed by atoms with Crippen molar-refractivity contribution in [1.82, 2.24) is 5.43 Å². The number of carbonyl (C=O) groups is 1. The van der Waals surface area contributed by atoms with Crippen molar-refractivity contribution in [3.63, 3.8) is 0 Å². The molecule has 0 atom stereocenters. The molecule has 0 radical (unpaired) electrons. The van der Waals surface area contributed by atoms with E-state index in [1.807, 2.05) is 61.5 Å². The van der Waals surface area contributed by atoms with Gasteiger partial charge in [0.1, 0.15) is 5.75 Å². The molecule has 2 aromatic rings. The molecule has 1 amide bonds. The Morgan fingerprint density at radius 1 is 1.14 bits per heavy atom. The van der Waals surface area contributed by atoms with Gasteiger partial charge in [-0.3, -0.25) is 4.79 Å². The summed E-state index contributed by atoms with van der Waals surface area (Å²) >= 11 is 1.48. The second kappa shape index (κ2) is 8.24. The molecule has 0 saturated heterocycles. The molecule has 0 heterocycles. The van der Waals surface area contributed by atoms with Gasteiger partial charge in [-0.15, -0.1) is 11.8 Å². The highest BCUT2D eigenvalue weighted by atomic mass is 32.2. The summed E-state index contributed by atoms with van der Waals surface area (Å²) in [5, 5.41) is 4.13. The van der Waals surface area contributed by atoms with Crippen LogP contribution in [0.2, 0.25) is 0 Å². The number of thioether (sulfide) groups is 1. The van der Waals surface area contributed by atoms with E-state index >= 15 is 0 Å². The van der Waals surface area contributed by atoms with Crippen LogP contribution in [0.15, 0.2) is 64.6 Å².